The van der Waals surface area contributed by atoms with E-state index >= 15 is 0 Å². The number of ether oxygens (including phenoxy) is 9. The second kappa shape index (κ2) is 20.6. The highest BCUT2D eigenvalue weighted by atomic mass is 16.5. The molecule has 3 aliphatic rings. The number of rotatable bonds is 20. The smallest absolute Gasteiger partial charge is 0.129 e. The molecule has 1 unspecified atom stereocenters. The Labute approximate surface area is 350 Å². The van der Waals surface area contributed by atoms with Crippen molar-refractivity contribution in [3.63, 3.8) is 0 Å². The van der Waals surface area contributed by atoms with Crippen LogP contribution in [0.15, 0.2) is 47.2 Å². The molecule has 2 aromatic carbocycles. The Morgan fingerprint density at radius 2 is 1.00 bits per heavy atom. The van der Waals surface area contributed by atoms with E-state index in [9.17, 15) is 0 Å². The lowest BCUT2D eigenvalue weighted by atomic mass is 9.48. The number of benzene rings is 2. The predicted molar refractivity (Wildman–Crippen MR) is 230 cm³/mol. The van der Waals surface area contributed by atoms with Gasteiger partial charge in [0.25, 0.3) is 0 Å². The van der Waals surface area contributed by atoms with Gasteiger partial charge in [-0.25, -0.2) is 0 Å². The van der Waals surface area contributed by atoms with Crippen molar-refractivity contribution in [1.82, 2.24) is 0 Å². The Hall–Kier alpha value is -2.92. The molecule has 0 spiro atoms. The molecule has 3 aliphatic carbocycles. The van der Waals surface area contributed by atoms with Gasteiger partial charge < -0.3 is 42.6 Å². The second-order valence-electron chi connectivity index (χ2n) is 17.9. The van der Waals surface area contributed by atoms with Crippen molar-refractivity contribution in [2.75, 3.05) is 77.2 Å². The van der Waals surface area contributed by atoms with Gasteiger partial charge >= 0.3 is 0 Å². The maximum Gasteiger partial charge on any atom is 0.129 e. The normalized spacial score (nSPS) is 25.4. The lowest BCUT2D eigenvalue weighted by Crippen LogP contribution is -2.49. The highest BCUT2D eigenvalue weighted by Crippen LogP contribution is 2.62. The molecule has 1 atom stereocenters. The first-order valence-corrected chi connectivity index (χ1v) is 21.3. The molecule has 9 heteroatoms. The van der Waals surface area contributed by atoms with Gasteiger partial charge in [-0.1, -0.05) is 26.8 Å². The third kappa shape index (κ3) is 9.35. The zero-order valence-electron chi connectivity index (χ0n) is 37.9. The SMILES string of the molecule is COCC1=CC(C)(C2(c3cc(COC)c(OC)c(COC)c3)CCC(C(C)(C)C3CCC(c4cc(COC)c(OC)c(COC)c4)CC3)CC2)CC(COC)=C1OC. The van der Waals surface area contributed by atoms with Gasteiger partial charge in [-0.3, -0.25) is 0 Å². The van der Waals surface area contributed by atoms with E-state index in [4.69, 9.17) is 42.6 Å². The average molecular weight is 807 g/mol. The van der Waals surface area contributed by atoms with Gasteiger partial charge in [0.2, 0.25) is 0 Å². The standard InChI is InChI=1S/C49H74O9/c1-47(2,41-15-13-33(14-16-41)34-21-35(27-50-4)44(56-10)36(22-34)28-51-5)42-17-19-49(20-18-42,43-23-37(29-52-6)45(57-11)38(24-43)30-53-7)48(3)25-39(31-54-8)46(58-12)40(26-48)32-55-9/h21-25,33,41-42H,13-20,26-32H2,1-12H3. The molecule has 0 aromatic heterocycles. The molecule has 9 nitrogen and oxygen atoms in total. The Kier molecular flexibility index (Phi) is 16.4. The summed E-state index contributed by atoms with van der Waals surface area (Å²) in [4.78, 5) is 0. The molecular formula is C49H74O9. The van der Waals surface area contributed by atoms with Gasteiger partial charge in [-0.15, -0.1) is 0 Å². The first kappa shape index (κ1) is 46.2. The van der Waals surface area contributed by atoms with Crippen molar-refractivity contribution in [3.8, 4) is 11.5 Å². The lowest BCUT2D eigenvalue weighted by Gasteiger charge is -2.56. The first-order valence-electron chi connectivity index (χ1n) is 21.3. The summed E-state index contributed by atoms with van der Waals surface area (Å²) in [5.74, 6) is 4.42. The minimum atomic E-state index is -0.241. The van der Waals surface area contributed by atoms with Crippen molar-refractivity contribution in [2.45, 2.75) is 116 Å². The average Bonchev–Trinajstić information content (AvgIpc) is 3.21. The molecule has 2 aromatic rings. The summed E-state index contributed by atoms with van der Waals surface area (Å²) in [6.07, 6.45) is 12.6. The summed E-state index contributed by atoms with van der Waals surface area (Å²) >= 11 is 0. The molecule has 324 valence electrons. The topological polar surface area (TPSA) is 83.1 Å². The van der Waals surface area contributed by atoms with Gasteiger partial charge in [0.1, 0.15) is 17.3 Å². The molecule has 0 aliphatic heterocycles. The van der Waals surface area contributed by atoms with Crippen LogP contribution in [-0.4, -0.2) is 77.2 Å². The van der Waals surface area contributed by atoms with Crippen LogP contribution in [-0.2, 0) is 65.0 Å². The molecule has 0 N–H and O–H groups in total. The molecule has 0 heterocycles. The zero-order valence-corrected chi connectivity index (χ0v) is 37.9. The third-order valence-corrected chi connectivity index (χ3v) is 14.4. The van der Waals surface area contributed by atoms with Crippen molar-refractivity contribution < 1.29 is 42.6 Å². The van der Waals surface area contributed by atoms with E-state index in [1.165, 1.54) is 42.4 Å². The molecule has 0 amide bonds. The van der Waals surface area contributed by atoms with E-state index in [1.54, 1.807) is 64.0 Å². The van der Waals surface area contributed by atoms with Gasteiger partial charge in [0.15, 0.2) is 0 Å². The fraction of sp³-hybridized carbons (Fsp3) is 0.673. The van der Waals surface area contributed by atoms with Crippen LogP contribution in [0.1, 0.15) is 118 Å². The van der Waals surface area contributed by atoms with Crippen LogP contribution in [0.3, 0.4) is 0 Å². The lowest BCUT2D eigenvalue weighted by molar-refractivity contribution is 0.0139. The summed E-state index contributed by atoms with van der Waals surface area (Å²) < 4.78 is 52.3. The fourth-order valence-corrected chi connectivity index (χ4v) is 11.6. The highest BCUT2D eigenvalue weighted by Gasteiger charge is 2.54. The van der Waals surface area contributed by atoms with Gasteiger partial charge in [-0.2, -0.15) is 0 Å². The molecule has 5 rings (SSSR count). The van der Waals surface area contributed by atoms with Crippen LogP contribution >= 0.6 is 0 Å². The van der Waals surface area contributed by atoms with Crippen molar-refractivity contribution in [1.29, 1.82) is 0 Å². The van der Waals surface area contributed by atoms with E-state index < -0.39 is 0 Å². The highest BCUT2D eigenvalue weighted by molar-refractivity contribution is 5.50. The quantitative estimate of drug-likeness (QED) is 0.130. The number of hydrogen-bond acceptors (Lipinski definition) is 9. The van der Waals surface area contributed by atoms with Crippen LogP contribution in [0, 0.1) is 22.7 Å². The van der Waals surface area contributed by atoms with Crippen LogP contribution in [0.2, 0.25) is 0 Å². The molecule has 58 heavy (non-hydrogen) atoms. The molecular weight excluding hydrogens is 733 g/mol. The van der Waals surface area contributed by atoms with Crippen molar-refractivity contribution in [3.05, 3.63) is 80.6 Å². The van der Waals surface area contributed by atoms with Crippen LogP contribution in [0.5, 0.6) is 11.5 Å². The van der Waals surface area contributed by atoms with E-state index in [1.807, 2.05) is 0 Å². The van der Waals surface area contributed by atoms with Crippen LogP contribution < -0.4 is 9.47 Å². The van der Waals surface area contributed by atoms with Gasteiger partial charge in [0, 0.05) is 75.9 Å². The number of allylic oxidation sites excluding steroid dienone is 1. The maximum atomic E-state index is 6.07. The number of hydrogen-bond donors (Lipinski definition) is 0. The van der Waals surface area contributed by atoms with Crippen LogP contribution in [0.25, 0.3) is 0 Å². The predicted octanol–water partition coefficient (Wildman–Crippen LogP) is 10.2. The molecule has 2 fully saturated rings. The van der Waals surface area contributed by atoms with E-state index in [0.717, 1.165) is 77.2 Å². The Morgan fingerprint density at radius 1 is 0.552 bits per heavy atom. The number of methoxy groups -OCH3 is 9. The first-order chi connectivity index (χ1) is 27.9. The second-order valence-corrected chi connectivity index (χ2v) is 17.9. The van der Waals surface area contributed by atoms with Crippen LogP contribution in [0.4, 0.5) is 0 Å². The fourth-order valence-electron chi connectivity index (χ4n) is 11.6. The zero-order chi connectivity index (χ0) is 42.1. The van der Waals surface area contributed by atoms with E-state index in [-0.39, 0.29) is 16.2 Å². The van der Waals surface area contributed by atoms with Gasteiger partial charge in [0.05, 0.1) is 61.0 Å². The Morgan fingerprint density at radius 3 is 1.43 bits per heavy atom. The summed E-state index contributed by atoms with van der Waals surface area (Å²) in [6, 6.07) is 9.36. The van der Waals surface area contributed by atoms with Crippen molar-refractivity contribution >= 4 is 0 Å². The molecule has 0 bridgehead atoms. The third-order valence-electron chi connectivity index (χ3n) is 14.4. The molecule has 0 saturated heterocycles. The molecule has 0 radical (unpaired) electrons. The summed E-state index contributed by atoms with van der Waals surface area (Å²) in [6.45, 7) is 10.6. The largest absolute Gasteiger partial charge is 0.496 e. The Bertz CT molecular complexity index is 1660. The summed E-state index contributed by atoms with van der Waals surface area (Å²) in [5, 5.41) is 0. The Balaban J connectivity index is 1.48. The summed E-state index contributed by atoms with van der Waals surface area (Å²) in [5.41, 5.74) is 9.09. The van der Waals surface area contributed by atoms with Gasteiger partial charge in [-0.05, 0) is 127 Å². The maximum absolute atomic E-state index is 6.07. The van der Waals surface area contributed by atoms with E-state index in [0.29, 0.717) is 57.4 Å². The summed E-state index contributed by atoms with van der Waals surface area (Å²) in [7, 11) is 15.8. The molecule has 2 saturated carbocycles. The minimum absolute atomic E-state index is 0.181. The monoisotopic (exact) mass is 807 g/mol. The minimum Gasteiger partial charge on any atom is -0.496 e. The van der Waals surface area contributed by atoms with Crippen molar-refractivity contribution in [2.24, 2.45) is 22.7 Å². The van der Waals surface area contributed by atoms with E-state index in [2.05, 4.69) is 51.1 Å².